The first kappa shape index (κ1) is 18.9. The monoisotopic (exact) mass is 400 g/mol. The van der Waals surface area contributed by atoms with Gasteiger partial charge in [-0.1, -0.05) is 18.5 Å². The van der Waals surface area contributed by atoms with Gasteiger partial charge in [0.05, 0.1) is 17.7 Å². The van der Waals surface area contributed by atoms with Gasteiger partial charge in [0.2, 0.25) is 11.7 Å². The van der Waals surface area contributed by atoms with Crippen molar-refractivity contribution in [3.8, 4) is 11.6 Å². The Bertz CT molecular complexity index is 933. The van der Waals surface area contributed by atoms with Crippen LogP contribution < -0.4 is 4.74 Å². The minimum Gasteiger partial charge on any atom is -0.439 e. The molecule has 1 aliphatic rings. The molecule has 1 saturated heterocycles. The van der Waals surface area contributed by atoms with Gasteiger partial charge in [0.25, 0.3) is 0 Å². The predicted octanol–water partition coefficient (Wildman–Crippen LogP) is 4.11. The van der Waals surface area contributed by atoms with Gasteiger partial charge in [-0.15, -0.1) is 0 Å². The van der Waals surface area contributed by atoms with Gasteiger partial charge < -0.3 is 14.2 Å². The Morgan fingerprint density at radius 3 is 2.86 bits per heavy atom. The summed E-state index contributed by atoms with van der Waals surface area (Å²) in [7, 11) is 0. The largest absolute Gasteiger partial charge is 0.439 e. The molecule has 2 atom stereocenters. The molecular formula is C20H21ClN4O3. The summed E-state index contributed by atoms with van der Waals surface area (Å²) in [6.45, 7) is 5.05. The van der Waals surface area contributed by atoms with Gasteiger partial charge in [0.15, 0.2) is 0 Å². The number of rotatable bonds is 6. The number of aryl methyl sites for hydroxylation is 1. The van der Waals surface area contributed by atoms with E-state index in [0.29, 0.717) is 29.8 Å². The topological polar surface area (TPSA) is 71.3 Å². The molecule has 0 spiro atoms. The van der Waals surface area contributed by atoms with E-state index in [-0.39, 0.29) is 6.10 Å². The molecule has 1 aliphatic heterocycles. The fourth-order valence-electron chi connectivity index (χ4n) is 3.27. The standard InChI is InChI=1S/C20H21ClN4O3/c1-3-16-10-26-20(28-16,11-25-13-22-12-24-25)18-6-5-17(8-14(18)2)27-19-7-4-15(21)9-23-19/h4-9,12-13,16H,3,10-11H2,1-2H3. The second kappa shape index (κ2) is 7.87. The minimum atomic E-state index is -0.907. The van der Waals surface area contributed by atoms with Crippen molar-refractivity contribution in [1.29, 1.82) is 0 Å². The first-order chi connectivity index (χ1) is 13.6. The van der Waals surface area contributed by atoms with E-state index in [1.165, 1.54) is 6.33 Å². The Kier molecular flexibility index (Phi) is 5.30. The van der Waals surface area contributed by atoms with Crippen molar-refractivity contribution >= 4 is 11.6 Å². The Morgan fingerprint density at radius 2 is 2.21 bits per heavy atom. The lowest BCUT2D eigenvalue weighted by Gasteiger charge is -2.30. The van der Waals surface area contributed by atoms with Crippen LogP contribution in [0, 0.1) is 6.92 Å². The summed E-state index contributed by atoms with van der Waals surface area (Å²) in [6.07, 6.45) is 5.63. The van der Waals surface area contributed by atoms with Crippen molar-refractivity contribution in [2.45, 2.75) is 38.7 Å². The molecule has 2 unspecified atom stereocenters. The van der Waals surface area contributed by atoms with Crippen molar-refractivity contribution in [3.63, 3.8) is 0 Å². The lowest BCUT2D eigenvalue weighted by molar-refractivity contribution is -0.189. The van der Waals surface area contributed by atoms with E-state index < -0.39 is 5.79 Å². The van der Waals surface area contributed by atoms with Crippen LogP contribution in [-0.2, 0) is 21.8 Å². The molecule has 0 N–H and O–H groups in total. The van der Waals surface area contributed by atoms with Crippen LogP contribution in [0.5, 0.6) is 11.6 Å². The summed E-state index contributed by atoms with van der Waals surface area (Å²) >= 11 is 5.87. The smallest absolute Gasteiger partial charge is 0.219 e. The maximum absolute atomic E-state index is 6.33. The zero-order valence-corrected chi connectivity index (χ0v) is 16.5. The van der Waals surface area contributed by atoms with E-state index in [2.05, 4.69) is 22.0 Å². The van der Waals surface area contributed by atoms with Crippen molar-refractivity contribution in [2.75, 3.05) is 6.61 Å². The first-order valence-electron chi connectivity index (χ1n) is 9.13. The normalized spacial score (nSPS) is 21.8. The Morgan fingerprint density at radius 1 is 1.32 bits per heavy atom. The molecule has 1 fully saturated rings. The molecule has 8 heteroatoms. The van der Waals surface area contributed by atoms with Gasteiger partial charge in [0.1, 0.15) is 24.9 Å². The number of benzene rings is 1. The van der Waals surface area contributed by atoms with Gasteiger partial charge in [-0.3, -0.25) is 0 Å². The molecule has 0 bridgehead atoms. The highest BCUT2D eigenvalue weighted by molar-refractivity contribution is 6.30. The number of nitrogens with zero attached hydrogens (tertiary/aromatic N) is 4. The van der Waals surface area contributed by atoms with E-state index in [0.717, 1.165) is 17.5 Å². The maximum atomic E-state index is 6.33. The third-order valence-electron chi connectivity index (χ3n) is 4.68. The number of hydrogen-bond donors (Lipinski definition) is 0. The number of halogens is 1. The summed E-state index contributed by atoms with van der Waals surface area (Å²) in [5.74, 6) is 0.250. The number of ether oxygens (including phenoxy) is 3. The van der Waals surface area contributed by atoms with Gasteiger partial charge in [-0.2, -0.15) is 5.10 Å². The van der Waals surface area contributed by atoms with Crippen LogP contribution >= 0.6 is 11.6 Å². The van der Waals surface area contributed by atoms with Gasteiger partial charge in [-0.25, -0.2) is 14.6 Å². The molecule has 1 aromatic carbocycles. The zero-order valence-electron chi connectivity index (χ0n) is 15.7. The lowest BCUT2D eigenvalue weighted by atomic mass is 9.99. The Labute approximate surface area is 168 Å². The molecule has 4 rings (SSSR count). The van der Waals surface area contributed by atoms with Gasteiger partial charge in [-0.05, 0) is 43.2 Å². The van der Waals surface area contributed by atoms with E-state index >= 15 is 0 Å². The highest BCUT2D eigenvalue weighted by Gasteiger charge is 2.44. The zero-order chi connectivity index (χ0) is 19.6. The van der Waals surface area contributed by atoms with Crippen LogP contribution in [0.1, 0.15) is 24.5 Å². The van der Waals surface area contributed by atoms with Gasteiger partial charge >= 0.3 is 0 Å². The minimum absolute atomic E-state index is 0.0390. The highest BCUT2D eigenvalue weighted by Crippen LogP contribution is 2.39. The average molecular weight is 401 g/mol. The molecule has 3 aromatic rings. The quantitative estimate of drug-likeness (QED) is 0.620. The van der Waals surface area contributed by atoms with Crippen LogP contribution in [-0.4, -0.2) is 32.5 Å². The van der Waals surface area contributed by atoms with Crippen molar-refractivity contribution in [2.24, 2.45) is 0 Å². The van der Waals surface area contributed by atoms with E-state index in [4.69, 9.17) is 25.8 Å². The molecule has 146 valence electrons. The molecule has 0 radical (unpaired) electrons. The Balaban J connectivity index is 1.62. The number of pyridine rings is 1. The summed E-state index contributed by atoms with van der Waals surface area (Å²) < 4.78 is 20.1. The highest BCUT2D eigenvalue weighted by atomic mass is 35.5. The molecule has 0 amide bonds. The second-order valence-electron chi connectivity index (χ2n) is 6.70. The SMILES string of the molecule is CCC1COC(Cn2cncn2)(c2ccc(Oc3ccc(Cl)cn3)cc2C)O1. The van der Waals surface area contributed by atoms with Crippen LogP contribution in [0.2, 0.25) is 5.02 Å². The molecule has 3 heterocycles. The third-order valence-corrected chi connectivity index (χ3v) is 4.91. The number of hydrogen-bond acceptors (Lipinski definition) is 6. The lowest BCUT2D eigenvalue weighted by Crippen LogP contribution is -2.34. The molecule has 0 aliphatic carbocycles. The third kappa shape index (κ3) is 3.87. The maximum Gasteiger partial charge on any atom is 0.219 e. The van der Waals surface area contributed by atoms with Crippen LogP contribution in [0.3, 0.4) is 0 Å². The summed E-state index contributed by atoms with van der Waals surface area (Å²) in [6, 6.07) is 9.26. The van der Waals surface area contributed by atoms with E-state index in [1.807, 2.05) is 25.1 Å². The molecule has 0 saturated carbocycles. The van der Waals surface area contributed by atoms with Crippen molar-refractivity contribution < 1.29 is 14.2 Å². The fraction of sp³-hybridized carbons (Fsp3) is 0.350. The molecular weight excluding hydrogens is 380 g/mol. The van der Waals surface area contributed by atoms with Crippen LogP contribution in [0.25, 0.3) is 0 Å². The van der Waals surface area contributed by atoms with E-state index in [1.54, 1.807) is 29.3 Å². The Hall–Kier alpha value is -2.48. The second-order valence-corrected chi connectivity index (χ2v) is 7.13. The summed E-state index contributed by atoms with van der Waals surface area (Å²) in [4.78, 5) is 8.19. The number of aromatic nitrogens is 4. The summed E-state index contributed by atoms with van der Waals surface area (Å²) in [5, 5.41) is 4.78. The molecule has 7 nitrogen and oxygen atoms in total. The van der Waals surface area contributed by atoms with Crippen LogP contribution in [0.15, 0.2) is 49.2 Å². The molecule has 2 aromatic heterocycles. The van der Waals surface area contributed by atoms with Gasteiger partial charge in [0, 0.05) is 17.8 Å². The van der Waals surface area contributed by atoms with Crippen molar-refractivity contribution in [3.05, 3.63) is 65.3 Å². The van der Waals surface area contributed by atoms with Crippen LogP contribution in [0.4, 0.5) is 0 Å². The first-order valence-corrected chi connectivity index (χ1v) is 9.50. The summed E-state index contributed by atoms with van der Waals surface area (Å²) in [5.41, 5.74) is 1.93. The molecule has 28 heavy (non-hydrogen) atoms. The fourth-order valence-corrected chi connectivity index (χ4v) is 3.39. The average Bonchev–Trinajstić information content (AvgIpc) is 3.34. The van der Waals surface area contributed by atoms with Crippen molar-refractivity contribution in [1.82, 2.24) is 19.7 Å². The predicted molar refractivity (Wildman–Crippen MR) is 103 cm³/mol. The van der Waals surface area contributed by atoms with E-state index in [9.17, 15) is 0 Å².